The minimum absolute atomic E-state index is 0.0302. The molecule has 6 atom stereocenters. The van der Waals surface area contributed by atoms with E-state index in [-0.39, 0.29) is 23.5 Å². The summed E-state index contributed by atoms with van der Waals surface area (Å²) >= 11 is 0. The molecule has 134 valence electrons. The van der Waals surface area contributed by atoms with Crippen molar-refractivity contribution in [2.24, 2.45) is 17.3 Å². The lowest BCUT2D eigenvalue weighted by atomic mass is 9.63. The third kappa shape index (κ3) is 3.26. The highest BCUT2D eigenvalue weighted by Crippen LogP contribution is 2.57. The molecule has 0 aromatic rings. The molecule has 3 aliphatic carbocycles. The molecule has 1 saturated carbocycles. The summed E-state index contributed by atoms with van der Waals surface area (Å²) in [7, 11) is 0. The topological polar surface area (TPSA) is 60.7 Å². The molecule has 3 rings (SSSR count). The Balaban J connectivity index is 1.84. The number of rotatable bonds is 3. The van der Waals surface area contributed by atoms with E-state index in [9.17, 15) is 15.3 Å². The van der Waals surface area contributed by atoms with Crippen LogP contribution in [0.1, 0.15) is 59.3 Å². The summed E-state index contributed by atoms with van der Waals surface area (Å²) in [5, 5.41) is 30.5. The lowest BCUT2D eigenvalue weighted by Gasteiger charge is -2.43. The van der Waals surface area contributed by atoms with Crippen LogP contribution in [0.3, 0.4) is 0 Å². The van der Waals surface area contributed by atoms with Crippen molar-refractivity contribution in [1.29, 1.82) is 0 Å². The standard InChI is InChI=1S/C21H32O3/c1-13-4-7-17(23)10-15(13)5-6-16-11-18(24)12-21(3)19(14(2)22)8-9-20(16)21/h5-6,11,14,17-20,22-24H,4,7-10,12H2,1-3H3/t14-,17+,18-,19-,20+,21-/m1/s1. The van der Waals surface area contributed by atoms with Gasteiger partial charge in [-0.25, -0.2) is 0 Å². The zero-order valence-corrected chi connectivity index (χ0v) is 15.2. The summed E-state index contributed by atoms with van der Waals surface area (Å²) in [4.78, 5) is 0. The number of aliphatic hydroxyl groups excluding tert-OH is 3. The third-order valence-electron chi connectivity index (χ3n) is 6.76. The van der Waals surface area contributed by atoms with Crippen molar-refractivity contribution in [3.63, 3.8) is 0 Å². The minimum atomic E-state index is -0.433. The molecule has 0 radical (unpaired) electrons. The Bertz CT molecular complexity index is 572. The van der Waals surface area contributed by atoms with Crippen molar-refractivity contribution in [2.75, 3.05) is 0 Å². The lowest BCUT2D eigenvalue weighted by Crippen LogP contribution is -2.40. The fraction of sp³-hybridized carbons (Fsp3) is 0.714. The fourth-order valence-corrected chi connectivity index (χ4v) is 5.40. The molecule has 1 fully saturated rings. The summed E-state index contributed by atoms with van der Waals surface area (Å²) in [5.74, 6) is 0.665. The molecular formula is C21H32O3. The van der Waals surface area contributed by atoms with Crippen LogP contribution in [0.5, 0.6) is 0 Å². The van der Waals surface area contributed by atoms with Crippen molar-refractivity contribution < 1.29 is 15.3 Å². The van der Waals surface area contributed by atoms with E-state index in [1.807, 2.05) is 13.0 Å². The zero-order valence-electron chi connectivity index (χ0n) is 15.2. The van der Waals surface area contributed by atoms with E-state index in [4.69, 9.17) is 0 Å². The van der Waals surface area contributed by atoms with Crippen LogP contribution in [0.2, 0.25) is 0 Å². The predicted molar refractivity (Wildman–Crippen MR) is 96.4 cm³/mol. The van der Waals surface area contributed by atoms with Crippen LogP contribution in [0.4, 0.5) is 0 Å². The Morgan fingerprint density at radius 1 is 1.21 bits per heavy atom. The van der Waals surface area contributed by atoms with Crippen molar-refractivity contribution in [3.8, 4) is 0 Å². The summed E-state index contributed by atoms with van der Waals surface area (Å²) in [5.41, 5.74) is 3.78. The second-order valence-electron chi connectivity index (χ2n) is 8.46. The summed E-state index contributed by atoms with van der Waals surface area (Å²) in [6.07, 6.45) is 10.7. The molecule has 0 aliphatic heterocycles. The second kappa shape index (κ2) is 6.78. The lowest BCUT2D eigenvalue weighted by molar-refractivity contribution is 0.00980. The number of hydrogen-bond acceptors (Lipinski definition) is 3. The SMILES string of the molecule is CC1=C(C=CC2=C[C@@H](O)C[C@]3(C)[C@@H]([C@@H](C)O)CC[C@@H]23)C[C@@H](O)CC1. The van der Waals surface area contributed by atoms with Gasteiger partial charge in [-0.2, -0.15) is 0 Å². The number of aliphatic hydroxyl groups is 3. The van der Waals surface area contributed by atoms with Crippen molar-refractivity contribution in [1.82, 2.24) is 0 Å². The number of allylic oxidation sites excluding steroid dienone is 4. The van der Waals surface area contributed by atoms with Gasteiger partial charge in [-0.05, 0) is 80.8 Å². The minimum Gasteiger partial charge on any atom is -0.393 e. The Kier molecular flexibility index (Phi) is 5.06. The molecule has 3 aliphatic rings. The Morgan fingerprint density at radius 2 is 1.96 bits per heavy atom. The Morgan fingerprint density at radius 3 is 2.67 bits per heavy atom. The van der Waals surface area contributed by atoms with Crippen molar-refractivity contribution in [2.45, 2.75) is 77.6 Å². The van der Waals surface area contributed by atoms with Gasteiger partial charge in [0.2, 0.25) is 0 Å². The van der Waals surface area contributed by atoms with Gasteiger partial charge in [0, 0.05) is 0 Å². The first-order valence-corrected chi connectivity index (χ1v) is 9.44. The Labute approximate surface area is 145 Å². The van der Waals surface area contributed by atoms with E-state index in [1.54, 1.807) is 0 Å². The van der Waals surface area contributed by atoms with Gasteiger partial charge in [-0.3, -0.25) is 0 Å². The molecule has 0 saturated heterocycles. The third-order valence-corrected chi connectivity index (χ3v) is 6.76. The molecule has 3 nitrogen and oxygen atoms in total. The van der Waals surface area contributed by atoms with Gasteiger partial charge in [0.05, 0.1) is 18.3 Å². The van der Waals surface area contributed by atoms with E-state index in [0.29, 0.717) is 5.92 Å². The first kappa shape index (κ1) is 17.9. The van der Waals surface area contributed by atoms with Gasteiger partial charge in [0.1, 0.15) is 0 Å². The molecule has 0 heterocycles. The summed E-state index contributed by atoms with van der Waals surface area (Å²) in [6, 6.07) is 0. The van der Waals surface area contributed by atoms with E-state index in [1.165, 1.54) is 16.7 Å². The number of fused-ring (bicyclic) bond motifs is 1. The van der Waals surface area contributed by atoms with Gasteiger partial charge in [0.25, 0.3) is 0 Å². The molecular weight excluding hydrogens is 300 g/mol. The van der Waals surface area contributed by atoms with Crippen molar-refractivity contribution >= 4 is 0 Å². The predicted octanol–water partition coefficient (Wildman–Crippen LogP) is 3.51. The van der Waals surface area contributed by atoms with Crippen LogP contribution < -0.4 is 0 Å². The smallest absolute Gasteiger partial charge is 0.0732 e. The van der Waals surface area contributed by atoms with Crippen LogP contribution in [-0.2, 0) is 0 Å². The van der Waals surface area contributed by atoms with Crippen LogP contribution in [-0.4, -0.2) is 33.6 Å². The molecule has 24 heavy (non-hydrogen) atoms. The molecule has 0 aromatic carbocycles. The van der Waals surface area contributed by atoms with E-state index < -0.39 is 6.10 Å². The van der Waals surface area contributed by atoms with Crippen LogP contribution in [0.15, 0.2) is 34.9 Å². The van der Waals surface area contributed by atoms with Crippen LogP contribution in [0, 0.1) is 17.3 Å². The van der Waals surface area contributed by atoms with Gasteiger partial charge in [-0.15, -0.1) is 0 Å². The molecule has 3 heteroatoms. The maximum Gasteiger partial charge on any atom is 0.0732 e. The van der Waals surface area contributed by atoms with Gasteiger partial charge >= 0.3 is 0 Å². The maximum absolute atomic E-state index is 10.4. The monoisotopic (exact) mass is 332 g/mol. The van der Waals surface area contributed by atoms with E-state index in [2.05, 4.69) is 26.0 Å². The van der Waals surface area contributed by atoms with Crippen LogP contribution >= 0.6 is 0 Å². The molecule has 0 unspecified atom stereocenters. The van der Waals surface area contributed by atoms with Crippen molar-refractivity contribution in [3.05, 3.63) is 34.9 Å². The molecule has 0 spiro atoms. The average molecular weight is 332 g/mol. The molecule has 0 bridgehead atoms. The van der Waals surface area contributed by atoms with E-state index in [0.717, 1.165) is 38.5 Å². The average Bonchev–Trinajstić information content (AvgIpc) is 2.84. The quantitative estimate of drug-likeness (QED) is 0.741. The summed E-state index contributed by atoms with van der Waals surface area (Å²) in [6.45, 7) is 6.27. The highest BCUT2D eigenvalue weighted by Gasteiger charge is 2.51. The normalized spacial score (nSPS) is 41.5. The first-order valence-electron chi connectivity index (χ1n) is 9.44. The first-order chi connectivity index (χ1) is 11.3. The number of hydrogen-bond donors (Lipinski definition) is 3. The summed E-state index contributed by atoms with van der Waals surface area (Å²) < 4.78 is 0. The zero-order chi connectivity index (χ0) is 17.5. The van der Waals surface area contributed by atoms with Gasteiger partial charge in [0.15, 0.2) is 0 Å². The highest BCUT2D eigenvalue weighted by atomic mass is 16.3. The maximum atomic E-state index is 10.4. The second-order valence-corrected chi connectivity index (χ2v) is 8.46. The largest absolute Gasteiger partial charge is 0.393 e. The van der Waals surface area contributed by atoms with Gasteiger partial charge in [-0.1, -0.05) is 30.7 Å². The van der Waals surface area contributed by atoms with Gasteiger partial charge < -0.3 is 15.3 Å². The van der Waals surface area contributed by atoms with Crippen LogP contribution in [0.25, 0.3) is 0 Å². The van der Waals surface area contributed by atoms with E-state index >= 15 is 0 Å². The Hall–Kier alpha value is -0.900. The highest BCUT2D eigenvalue weighted by molar-refractivity contribution is 5.37. The molecule has 3 N–H and O–H groups in total. The molecule has 0 amide bonds. The molecule has 0 aromatic heterocycles. The fourth-order valence-electron chi connectivity index (χ4n) is 5.40.